The molecular weight excluding hydrogens is 263 g/mol. The maximum atomic E-state index is 5.79. The molecule has 2 rings (SSSR count). The van der Waals surface area contributed by atoms with E-state index in [1.54, 1.807) is 12.4 Å². The summed E-state index contributed by atoms with van der Waals surface area (Å²) in [6.45, 7) is 0. The molecule has 0 bridgehead atoms. The normalized spacial score (nSPS) is 10.1. The third-order valence-electron chi connectivity index (χ3n) is 1.79. The molecule has 0 saturated heterocycles. The topological polar surface area (TPSA) is 25.8 Å². The second-order valence-corrected chi connectivity index (χ2v) is 3.94. The van der Waals surface area contributed by atoms with Gasteiger partial charge in [0.2, 0.25) is 0 Å². The van der Waals surface area contributed by atoms with E-state index in [9.17, 15) is 0 Å². The van der Waals surface area contributed by atoms with Crippen LogP contribution >= 0.6 is 27.5 Å². The molecule has 0 N–H and O–H groups in total. The van der Waals surface area contributed by atoms with Crippen molar-refractivity contribution >= 4 is 27.5 Å². The molecule has 2 nitrogen and oxygen atoms in total. The Hall–Kier alpha value is -0.930. The summed E-state index contributed by atoms with van der Waals surface area (Å²) in [4.78, 5) is 8.06. The van der Waals surface area contributed by atoms with Crippen LogP contribution in [0.1, 0.15) is 0 Å². The van der Waals surface area contributed by atoms with E-state index < -0.39 is 0 Å². The summed E-state index contributed by atoms with van der Waals surface area (Å²) < 4.78 is 0.821. The van der Waals surface area contributed by atoms with Gasteiger partial charge in [0.05, 0.1) is 0 Å². The molecule has 0 fully saturated rings. The van der Waals surface area contributed by atoms with Crippen LogP contribution in [-0.4, -0.2) is 9.97 Å². The van der Waals surface area contributed by atoms with E-state index in [-0.39, 0.29) is 0 Å². The summed E-state index contributed by atoms with van der Waals surface area (Å²) in [7, 11) is 0. The molecule has 0 aliphatic carbocycles. The summed E-state index contributed by atoms with van der Waals surface area (Å²) in [5.41, 5.74) is 2.04. The van der Waals surface area contributed by atoms with Crippen molar-refractivity contribution in [2.24, 2.45) is 0 Å². The predicted octanol–water partition coefficient (Wildman–Crippen LogP) is 3.56. The highest BCUT2D eigenvalue weighted by atomic mass is 79.9. The summed E-state index contributed by atoms with van der Waals surface area (Å²) in [5, 5.41) is 0.491. The SMILES string of the molecule is Clc1cc(-c2ccc(Br)nc2)ccn1. The second-order valence-electron chi connectivity index (χ2n) is 2.74. The monoisotopic (exact) mass is 268 g/mol. The van der Waals surface area contributed by atoms with Gasteiger partial charge in [-0.3, -0.25) is 0 Å². The van der Waals surface area contributed by atoms with Crippen LogP contribution in [-0.2, 0) is 0 Å². The standard InChI is InChI=1S/C10H6BrClN2/c11-9-2-1-8(6-14-9)7-3-4-13-10(12)5-7/h1-6H. The summed E-state index contributed by atoms with van der Waals surface area (Å²) in [6.07, 6.45) is 3.47. The molecule has 0 radical (unpaired) electrons. The lowest BCUT2D eigenvalue weighted by Gasteiger charge is -2.00. The van der Waals surface area contributed by atoms with Crippen molar-refractivity contribution in [3.8, 4) is 11.1 Å². The molecule has 0 saturated carbocycles. The van der Waals surface area contributed by atoms with Crippen molar-refractivity contribution in [3.63, 3.8) is 0 Å². The molecule has 0 aromatic carbocycles. The zero-order chi connectivity index (χ0) is 9.97. The van der Waals surface area contributed by atoms with Crippen LogP contribution in [0.4, 0.5) is 0 Å². The van der Waals surface area contributed by atoms with Gasteiger partial charge < -0.3 is 0 Å². The molecule has 0 aliphatic rings. The lowest BCUT2D eigenvalue weighted by molar-refractivity contribution is 1.27. The number of pyridine rings is 2. The van der Waals surface area contributed by atoms with Gasteiger partial charge in [-0.2, -0.15) is 0 Å². The van der Waals surface area contributed by atoms with Gasteiger partial charge in [0.25, 0.3) is 0 Å². The summed E-state index contributed by atoms with van der Waals surface area (Å²) in [5.74, 6) is 0. The average Bonchev–Trinajstić information content (AvgIpc) is 2.19. The third-order valence-corrected chi connectivity index (χ3v) is 2.46. The molecule has 2 aromatic rings. The van der Waals surface area contributed by atoms with Crippen LogP contribution in [0.3, 0.4) is 0 Å². The van der Waals surface area contributed by atoms with E-state index in [2.05, 4.69) is 25.9 Å². The molecule has 14 heavy (non-hydrogen) atoms. The van der Waals surface area contributed by atoms with Crippen LogP contribution in [0.25, 0.3) is 11.1 Å². The average molecular weight is 270 g/mol. The number of hydrogen-bond acceptors (Lipinski definition) is 2. The number of rotatable bonds is 1. The smallest absolute Gasteiger partial charge is 0.129 e. The quantitative estimate of drug-likeness (QED) is 0.740. The highest BCUT2D eigenvalue weighted by Crippen LogP contribution is 2.21. The Kier molecular flexibility index (Phi) is 2.79. The van der Waals surface area contributed by atoms with Gasteiger partial charge in [0, 0.05) is 18.0 Å². The lowest BCUT2D eigenvalue weighted by Crippen LogP contribution is -1.81. The fourth-order valence-corrected chi connectivity index (χ4v) is 1.54. The highest BCUT2D eigenvalue weighted by molar-refractivity contribution is 9.10. The van der Waals surface area contributed by atoms with Gasteiger partial charge in [0.1, 0.15) is 9.76 Å². The first kappa shape index (κ1) is 9.62. The largest absolute Gasteiger partial charge is 0.249 e. The Morgan fingerprint density at radius 2 is 1.93 bits per heavy atom. The van der Waals surface area contributed by atoms with E-state index in [4.69, 9.17) is 11.6 Å². The summed E-state index contributed by atoms with van der Waals surface area (Å²) in [6, 6.07) is 7.58. The molecule has 70 valence electrons. The van der Waals surface area contributed by atoms with Crippen molar-refractivity contribution in [2.45, 2.75) is 0 Å². The van der Waals surface area contributed by atoms with Gasteiger partial charge in [0.15, 0.2) is 0 Å². The molecule has 0 atom stereocenters. The third kappa shape index (κ3) is 2.11. The molecule has 4 heteroatoms. The fourth-order valence-electron chi connectivity index (χ4n) is 1.13. The first-order chi connectivity index (χ1) is 6.75. The maximum Gasteiger partial charge on any atom is 0.129 e. The van der Waals surface area contributed by atoms with Gasteiger partial charge in [-0.15, -0.1) is 0 Å². The van der Waals surface area contributed by atoms with Crippen molar-refractivity contribution in [2.75, 3.05) is 0 Å². The number of aromatic nitrogens is 2. The van der Waals surface area contributed by atoms with Gasteiger partial charge in [-0.25, -0.2) is 9.97 Å². The van der Waals surface area contributed by atoms with Crippen LogP contribution in [0.2, 0.25) is 5.15 Å². The fraction of sp³-hybridized carbons (Fsp3) is 0. The van der Waals surface area contributed by atoms with Crippen molar-refractivity contribution < 1.29 is 0 Å². The molecule has 0 spiro atoms. The van der Waals surface area contributed by atoms with Crippen LogP contribution < -0.4 is 0 Å². The Morgan fingerprint density at radius 1 is 1.07 bits per heavy atom. The molecule has 0 amide bonds. The minimum atomic E-state index is 0.491. The minimum absolute atomic E-state index is 0.491. The first-order valence-corrected chi connectivity index (χ1v) is 5.16. The zero-order valence-electron chi connectivity index (χ0n) is 7.11. The predicted molar refractivity (Wildman–Crippen MR) is 60.2 cm³/mol. The zero-order valence-corrected chi connectivity index (χ0v) is 9.46. The Labute approximate surface area is 95.1 Å². The van der Waals surface area contributed by atoms with Crippen molar-refractivity contribution in [1.29, 1.82) is 0 Å². The van der Waals surface area contributed by atoms with E-state index in [0.29, 0.717) is 5.15 Å². The van der Waals surface area contributed by atoms with E-state index in [0.717, 1.165) is 15.7 Å². The Bertz CT molecular complexity index is 442. The number of halogens is 2. The second kappa shape index (κ2) is 4.07. The maximum absolute atomic E-state index is 5.79. The van der Waals surface area contributed by atoms with Crippen LogP contribution in [0.5, 0.6) is 0 Å². The van der Waals surface area contributed by atoms with E-state index in [1.807, 2.05) is 24.3 Å². The molecule has 2 heterocycles. The van der Waals surface area contributed by atoms with E-state index >= 15 is 0 Å². The Morgan fingerprint density at radius 3 is 2.57 bits per heavy atom. The molecule has 2 aromatic heterocycles. The van der Waals surface area contributed by atoms with Crippen molar-refractivity contribution in [1.82, 2.24) is 9.97 Å². The summed E-state index contributed by atoms with van der Waals surface area (Å²) >= 11 is 9.07. The molecular formula is C10H6BrClN2. The van der Waals surface area contributed by atoms with Crippen molar-refractivity contribution in [3.05, 3.63) is 46.4 Å². The number of hydrogen-bond donors (Lipinski definition) is 0. The minimum Gasteiger partial charge on any atom is -0.249 e. The first-order valence-electron chi connectivity index (χ1n) is 3.99. The van der Waals surface area contributed by atoms with Gasteiger partial charge >= 0.3 is 0 Å². The van der Waals surface area contributed by atoms with E-state index in [1.165, 1.54) is 0 Å². The van der Waals surface area contributed by atoms with Gasteiger partial charge in [-0.05, 0) is 39.7 Å². The molecule has 0 aliphatic heterocycles. The number of nitrogens with zero attached hydrogens (tertiary/aromatic N) is 2. The van der Waals surface area contributed by atoms with Crippen LogP contribution in [0.15, 0.2) is 41.3 Å². The van der Waals surface area contributed by atoms with Crippen LogP contribution in [0, 0.1) is 0 Å². The van der Waals surface area contributed by atoms with Gasteiger partial charge in [-0.1, -0.05) is 17.7 Å². The Balaban J connectivity index is 2.44. The molecule has 0 unspecified atom stereocenters. The lowest BCUT2D eigenvalue weighted by atomic mass is 10.1. The highest BCUT2D eigenvalue weighted by Gasteiger charge is 1.98.